The van der Waals surface area contributed by atoms with Crippen LogP contribution in [0.4, 0.5) is 11.6 Å². The molecular formula is C15H18N4O3. The van der Waals surface area contributed by atoms with E-state index in [1.165, 1.54) is 6.33 Å². The molecule has 1 aromatic heterocycles. The first-order valence-corrected chi connectivity index (χ1v) is 7.18. The number of rotatable bonds is 4. The van der Waals surface area contributed by atoms with Gasteiger partial charge in [-0.15, -0.1) is 0 Å². The fourth-order valence-corrected chi connectivity index (χ4v) is 3.06. The monoisotopic (exact) mass is 302 g/mol. The van der Waals surface area contributed by atoms with Crippen molar-refractivity contribution >= 4 is 11.6 Å². The van der Waals surface area contributed by atoms with Gasteiger partial charge in [-0.2, -0.15) is 0 Å². The molecule has 2 aromatic rings. The zero-order chi connectivity index (χ0) is 15.7. The van der Waals surface area contributed by atoms with Crippen LogP contribution in [-0.2, 0) is 7.05 Å². The maximum atomic E-state index is 11.2. The Labute approximate surface area is 128 Å². The average Bonchev–Trinajstić information content (AvgIpc) is 3.13. The zero-order valence-corrected chi connectivity index (χ0v) is 12.6. The van der Waals surface area contributed by atoms with Crippen molar-refractivity contribution in [2.45, 2.75) is 18.9 Å². The SMILES string of the molecule is COc1ccc(C2CCCN2c2c([N+](=O)[O-])ncn2C)cc1. The second-order valence-corrected chi connectivity index (χ2v) is 5.38. The molecule has 1 aromatic carbocycles. The van der Waals surface area contributed by atoms with Crippen molar-refractivity contribution < 1.29 is 9.66 Å². The third-order valence-electron chi connectivity index (χ3n) is 4.09. The highest BCUT2D eigenvalue weighted by Gasteiger charge is 2.34. The van der Waals surface area contributed by atoms with E-state index in [2.05, 4.69) is 9.88 Å². The van der Waals surface area contributed by atoms with Crippen molar-refractivity contribution in [2.75, 3.05) is 18.6 Å². The predicted molar refractivity (Wildman–Crippen MR) is 82.2 cm³/mol. The summed E-state index contributed by atoms with van der Waals surface area (Å²) in [5, 5.41) is 11.2. The summed E-state index contributed by atoms with van der Waals surface area (Å²) in [5.74, 6) is 1.30. The molecule has 0 radical (unpaired) electrons. The van der Waals surface area contributed by atoms with E-state index >= 15 is 0 Å². The summed E-state index contributed by atoms with van der Waals surface area (Å²) >= 11 is 0. The Bertz CT molecular complexity index is 681. The van der Waals surface area contributed by atoms with Gasteiger partial charge in [0.1, 0.15) is 5.75 Å². The molecule has 7 heteroatoms. The third-order valence-corrected chi connectivity index (χ3v) is 4.09. The normalized spacial score (nSPS) is 17.7. The smallest absolute Gasteiger partial charge is 0.406 e. The highest BCUT2D eigenvalue weighted by Crippen LogP contribution is 2.39. The molecular weight excluding hydrogens is 284 g/mol. The van der Waals surface area contributed by atoms with E-state index < -0.39 is 4.92 Å². The Hall–Kier alpha value is -2.57. The van der Waals surface area contributed by atoms with Crippen LogP contribution in [0.5, 0.6) is 5.75 Å². The number of nitro groups is 1. The maximum Gasteiger partial charge on any atom is 0.406 e. The summed E-state index contributed by atoms with van der Waals surface area (Å²) in [4.78, 5) is 16.8. The van der Waals surface area contributed by atoms with Crippen LogP contribution < -0.4 is 9.64 Å². The summed E-state index contributed by atoms with van der Waals surface area (Å²) in [6.45, 7) is 0.789. The number of ether oxygens (including phenoxy) is 1. The first kappa shape index (κ1) is 14.4. The lowest BCUT2D eigenvalue weighted by Crippen LogP contribution is -2.25. The molecule has 1 aliphatic heterocycles. The van der Waals surface area contributed by atoms with Gasteiger partial charge in [-0.3, -0.25) is 4.57 Å². The first-order valence-electron chi connectivity index (χ1n) is 7.18. The van der Waals surface area contributed by atoms with Crippen LogP contribution in [0.2, 0.25) is 0 Å². The summed E-state index contributed by atoms with van der Waals surface area (Å²) in [6, 6.07) is 8.00. The molecule has 1 atom stereocenters. The minimum absolute atomic E-state index is 0.0806. The van der Waals surface area contributed by atoms with E-state index in [-0.39, 0.29) is 11.9 Å². The van der Waals surface area contributed by atoms with Crippen molar-refractivity contribution in [3.8, 4) is 5.75 Å². The first-order chi connectivity index (χ1) is 10.6. The quantitative estimate of drug-likeness (QED) is 0.641. The Morgan fingerprint density at radius 1 is 1.36 bits per heavy atom. The topological polar surface area (TPSA) is 73.4 Å². The Balaban J connectivity index is 1.96. The molecule has 1 saturated heterocycles. The van der Waals surface area contributed by atoms with Gasteiger partial charge in [0.15, 0.2) is 0 Å². The van der Waals surface area contributed by atoms with Gasteiger partial charge in [0, 0.05) is 13.6 Å². The second kappa shape index (κ2) is 5.67. The lowest BCUT2D eigenvalue weighted by Gasteiger charge is -2.26. The highest BCUT2D eigenvalue weighted by molar-refractivity contribution is 5.57. The molecule has 0 N–H and O–H groups in total. The molecule has 1 aliphatic rings. The summed E-state index contributed by atoms with van der Waals surface area (Å²) in [7, 11) is 3.43. The Kier molecular flexibility index (Phi) is 3.70. The van der Waals surface area contributed by atoms with Gasteiger partial charge < -0.3 is 19.8 Å². The number of aryl methyl sites for hydroxylation is 1. The lowest BCUT2D eigenvalue weighted by molar-refractivity contribution is -0.388. The van der Waals surface area contributed by atoms with E-state index in [4.69, 9.17) is 4.74 Å². The number of nitrogens with zero attached hydrogens (tertiary/aromatic N) is 4. The third kappa shape index (κ3) is 2.38. The number of imidazole rings is 1. The van der Waals surface area contributed by atoms with Gasteiger partial charge in [0.25, 0.3) is 0 Å². The van der Waals surface area contributed by atoms with Gasteiger partial charge in [0.05, 0.1) is 13.2 Å². The maximum absolute atomic E-state index is 11.2. The molecule has 1 fully saturated rings. The van der Waals surface area contributed by atoms with Crippen molar-refractivity contribution in [1.29, 1.82) is 0 Å². The van der Waals surface area contributed by atoms with Gasteiger partial charge in [-0.05, 0) is 40.4 Å². The minimum atomic E-state index is -0.418. The number of methoxy groups -OCH3 is 1. The molecule has 3 rings (SSSR count). The largest absolute Gasteiger partial charge is 0.497 e. The van der Waals surface area contributed by atoms with Crippen LogP contribution in [0.25, 0.3) is 0 Å². The number of anilines is 1. The summed E-state index contributed by atoms with van der Waals surface area (Å²) < 4.78 is 6.91. The van der Waals surface area contributed by atoms with Crippen LogP contribution in [0, 0.1) is 10.1 Å². The van der Waals surface area contributed by atoms with Crippen molar-refractivity contribution in [3.05, 3.63) is 46.3 Å². The summed E-state index contributed by atoms with van der Waals surface area (Å²) in [5.41, 5.74) is 1.13. The Morgan fingerprint density at radius 3 is 2.73 bits per heavy atom. The van der Waals surface area contributed by atoms with Crippen LogP contribution in [0.3, 0.4) is 0 Å². The van der Waals surface area contributed by atoms with Crippen molar-refractivity contribution in [2.24, 2.45) is 7.05 Å². The van der Waals surface area contributed by atoms with E-state index in [0.29, 0.717) is 5.82 Å². The number of aromatic nitrogens is 2. The molecule has 22 heavy (non-hydrogen) atoms. The van der Waals surface area contributed by atoms with E-state index in [0.717, 1.165) is 30.7 Å². The van der Waals surface area contributed by atoms with Crippen molar-refractivity contribution in [1.82, 2.24) is 9.55 Å². The predicted octanol–water partition coefficient (Wildman–Crippen LogP) is 2.68. The molecule has 0 saturated carbocycles. The Morgan fingerprint density at radius 2 is 2.09 bits per heavy atom. The van der Waals surface area contributed by atoms with E-state index in [1.54, 1.807) is 18.7 Å². The molecule has 1 unspecified atom stereocenters. The minimum Gasteiger partial charge on any atom is -0.497 e. The van der Waals surface area contributed by atoms with Gasteiger partial charge in [0.2, 0.25) is 12.1 Å². The standard InChI is InChI=1S/C15H18N4O3/c1-17-10-16-14(19(20)21)15(17)18-9-3-4-13(18)11-5-7-12(22-2)8-6-11/h5-8,10,13H,3-4,9H2,1-2H3. The summed E-state index contributed by atoms with van der Waals surface area (Å²) in [6.07, 6.45) is 3.46. The van der Waals surface area contributed by atoms with Crippen LogP contribution in [0.15, 0.2) is 30.6 Å². The molecule has 7 nitrogen and oxygen atoms in total. The molecule has 0 bridgehead atoms. The number of hydrogen-bond donors (Lipinski definition) is 0. The molecule has 0 spiro atoms. The van der Waals surface area contributed by atoms with E-state index in [9.17, 15) is 10.1 Å². The van der Waals surface area contributed by atoms with Gasteiger partial charge in [-0.1, -0.05) is 12.1 Å². The van der Waals surface area contributed by atoms with Crippen LogP contribution in [-0.4, -0.2) is 28.1 Å². The fourth-order valence-electron chi connectivity index (χ4n) is 3.06. The fraction of sp³-hybridized carbons (Fsp3) is 0.400. The van der Waals surface area contributed by atoms with Gasteiger partial charge >= 0.3 is 5.82 Å². The molecule has 0 amide bonds. The second-order valence-electron chi connectivity index (χ2n) is 5.38. The lowest BCUT2D eigenvalue weighted by atomic mass is 10.0. The zero-order valence-electron chi connectivity index (χ0n) is 12.6. The molecule has 116 valence electrons. The average molecular weight is 302 g/mol. The van der Waals surface area contributed by atoms with Crippen LogP contribution in [0.1, 0.15) is 24.4 Å². The highest BCUT2D eigenvalue weighted by atomic mass is 16.6. The number of hydrogen-bond acceptors (Lipinski definition) is 5. The van der Waals surface area contributed by atoms with Gasteiger partial charge in [-0.25, -0.2) is 0 Å². The van der Waals surface area contributed by atoms with E-state index in [1.807, 2.05) is 24.3 Å². The molecule has 0 aliphatic carbocycles. The van der Waals surface area contributed by atoms with Crippen molar-refractivity contribution in [3.63, 3.8) is 0 Å². The number of benzene rings is 1. The molecule has 2 heterocycles. The van der Waals surface area contributed by atoms with Crippen LogP contribution >= 0.6 is 0 Å².